The molecule has 2 rings (SSSR count). The van der Waals surface area contributed by atoms with Crippen molar-refractivity contribution in [2.45, 2.75) is 13.3 Å². The third-order valence-electron chi connectivity index (χ3n) is 3.33. The fourth-order valence-corrected chi connectivity index (χ4v) is 2.04. The van der Waals surface area contributed by atoms with Crippen molar-refractivity contribution in [1.82, 2.24) is 4.98 Å². The van der Waals surface area contributed by atoms with Gasteiger partial charge < -0.3 is 9.84 Å². The first kappa shape index (κ1) is 16.4. The number of carboxylic acid groups (broad SMARTS) is 1. The Kier molecular flexibility index (Phi) is 5.25. The minimum absolute atomic E-state index is 0.226. The van der Waals surface area contributed by atoms with Crippen LogP contribution >= 0.6 is 0 Å². The SMILES string of the molecule is CC/C(=C\c1cccc(C(=O)c2ccc(OC)cc2)n1)C(=O)O. The lowest BCUT2D eigenvalue weighted by Crippen LogP contribution is -2.05. The number of ether oxygens (including phenoxy) is 1. The summed E-state index contributed by atoms with van der Waals surface area (Å²) in [5.41, 5.74) is 1.45. The van der Waals surface area contributed by atoms with Gasteiger partial charge in [0.05, 0.1) is 12.8 Å². The maximum absolute atomic E-state index is 12.4. The first-order valence-electron chi connectivity index (χ1n) is 7.14. The van der Waals surface area contributed by atoms with Crippen LogP contribution < -0.4 is 4.74 Å². The van der Waals surface area contributed by atoms with Gasteiger partial charge in [0.1, 0.15) is 11.4 Å². The average molecular weight is 311 g/mol. The first-order valence-corrected chi connectivity index (χ1v) is 7.14. The van der Waals surface area contributed by atoms with Gasteiger partial charge in [-0.1, -0.05) is 13.0 Å². The van der Waals surface area contributed by atoms with Crippen LogP contribution in [0.15, 0.2) is 48.0 Å². The van der Waals surface area contributed by atoms with E-state index in [1.165, 1.54) is 6.08 Å². The van der Waals surface area contributed by atoms with Gasteiger partial charge in [-0.2, -0.15) is 0 Å². The van der Waals surface area contributed by atoms with Crippen LogP contribution in [-0.4, -0.2) is 29.0 Å². The van der Waals surface area contributed by atoms with Gasteiger partial charge in [-0.3, -0.25) is 4.79 Å². The Bertz CT molecular complexity index is 748. The van der Waals surface area contributed by atoms with Crippen molar-refractivity contribution in [3.63, 3.8) is 0 Å². The molecule has 0 saturated carbocycles. The Labute approximate surface area is 134 Å². The van der Waals surface area contributed by atoms with Gasteiger partial charge in [-0.25, -0.2) is 9.78 Å². The second kappa shape index (κ2) is 7.35. The Morgan fingerprint density at radius 1 is 1.17 bits per heavy atom. The normalized spacial score (nSPS) is 11.1. The van der Waals surface area contributed by atoms with E-state index in [4.69, 9.17) is 9.84 Å². The molecule has 0 bridgehead atoms. The molecule has 5 heteroatoms. The predicted octanol–water partition coefficient (Wildman–Crippen LogP) is 3.20. The van der Waals surface area contributed by atoms with E-state index >= 15 is 0 Å². The Hall–Kier alpha value is -2.95. The number of ketones is 1. The van der Waals surface area contributed by atoms with E-state index in [0.717, 1.165) is 0 Å². The summed E-state index contributed by atoms with van der Waals surface area (Å²) in [5, 5.41) is 9.07. The average Bonchev–Trinajstić information content (AvgIpc) is 2.59. The van der Waals surface area contributed by atoms with Crippen LogP contribution in [0, 0.1) is 0 Å². The summed E-state index contributed by atoms with van der Waals surface area (Å²) < 4.78 is 5.06. The van der Waals surface area contributed by atoms with Crippen molar-refractivity contribution < 1.29 is 19.4 Å². The quantitative estimate of drug-likeness (QED) is 0.655. The maximum atomic E-state index is 12.4. The number of hydrogen-bond donors (Lipinski definition) is 1. The monoisotopic (exact) mass is 311 g/mol. The third kappa shape index (κ3) is 4.03. The number of pyridine rings is 1. The number of hydrogen-bond acceptors (Lipinski definition) is 4. The van der Waals surface area contributed by atoms with E-state index in [9.17, 15) is 9.59 Å². The van der Waals surface area contributed by atoms with Gasteiger partial charge in [0.25, 0.3) is 0 Å². The molecule has 1 aromatic carbocycles. The smallest absolute Gasteiger partial charge is 0.331 e. The van der Waals surface area contributed by atoms with Crippen molar-refractivity contribution in [2.24, 2.45) is 0 Å². The summed E-state index contributed by atoms with van der Waals surface area (Å²) >= 11 is 0. The van der Waals surface area contributed by atoms with Gasteiger partial charge in [-0.05, 0) is 48.9 Å². The highest BCUT2D eigenvalue weighted by Gasteiger charge is 2.12. The molecule has 1 aromatic heterocycles. The minimum Gasteiger partial charge on any atom is -0.497 e. The topological polar surface area (TPSA) is 76.5 Å². The summed E-state index contributed by atoms with van der Waals surface area (Å²) in [6.07, 6.45) is 1.86. The zero-order chi connectivity index (χ0) is 16.8. The number of rotatable bonds is 6. The lowest BCUT2D eigenvalue weighted by atomic mass is 10.1. The van der Waals surface area contributed by atoms with E-state index in [0.29, 0.717) is 23.4 Å². The number of aliphatic carboxylic acids is 1. The summed E-state index contributed by atoms with van der Waals surface area (Å²) in [4.78, 5) is 27.7. The second-order valence-corrected chi connectivity index (χ2v) is 4.83. The standard InChI is InChI=1S/C18H17NO4/c1-3-12(18(21)22)11-14-5-4-6-16(19-14)17(20)13-7-9-15(23-2)10-8-13/h4-11H,3H2,1-2H3,(H,21,22)/b12-11+. The summed E-state index contributed by atoms with van der Waals surface area (Å²) in [7, 11) is 1.56. The maximum Gasteiger partial charge on any atom is 0.331 e. The lowest BCUT2D eigenvalue weighted by molar-refractivity contribution is -0.132. The first-order chi connectivity index (χ1) is 11.0. The Morgan fingerprint density at radius 2 is 1.87 bits per heavy atom. The molecule has 0 unspecified atom stereocenters. The van der Waals surface area contributed by atoms with Gasteiger partial charge in [0.15, 0.2) is 0 Å². The van der Waals surface area contributed by atoms with Crippen LogP contribution in [0.1, 0.15) is 35.1 Å². The largest absolute Gasteiger partial charge is 0.497 e. The Morgan fingerprint density at radius 3 is 2.43 bits per heavy atom. The van der Waals surface area contributed by atoms with Gasteiger partial charge in [0.2, 0.25) is 5.78 Å². The summed E-state index contributed by atoms with van der Waals surface area (Å²) in [6.45, 7) is 1.76. The fourth-order valence-electron chi connectivity index (χ4n) is 2.04. The van der Waals surface area contributed by atoms with Crippen LogP contribution in [-0.2, 0) is 4.79 Å². The molecule has 0 saturated heterocycles. The molecule has 0 aliphatic carbocycles. The van der Waals surface area contributed by atoms with Crippen molar-refractivity contribution in [3.8, 4) is 5.75 Å². The second-order valence-electron chi connectivity index (χ2n) is 4.83. The lowest BCUT2D eigenvalue weighted by Gasteiger charge is -2.04. The zero-order valence-corrected chi connectivity index (χ0v) is 12.9. The molecule has 0 atom stereocenters. The molecule has 0 aliphatic rings. The van der Waals surface area contributed by atoms with Gasteiger partial charge in [-0.15, -0.1) is 0 Å². The Balaban J connectivity index is 2.31. The molecule has 0 radical (unpaired) electrons. The molecule has 118 valence electrons. The van der Waals surface area contributed by atoms with E-state index < -0.39 is 5.97 Å². The molecule has 2 aromatic rings. The van der Waals surface area contributed by atoms with Crippen molar-refractivity contribution >= 4 is 17.8 Å². The number of benzene rings is 1. The van der Waals surface area contributed by atoms with Crippen LogP contribution in [0.4, 0.5) is 0 Å². The molecular weight excluding hydrogens is 294 g/mol. The minimum atomic E-state index is -0.985. The van der Waals surface area contributed by atoms with Crippen molar-refractivity contribution in [2.75, 3.05) is 7.11 Å². The molecule has 0 amide bonds. The highest BCUT2D eigenvalue weighted by molar-refractivity contribution is 6.07. The molecule has 0 aliphatic heterocycles. The number of methoxy groups -OCH3 is 1. The molecular formula is C18H17NO4. The molecule has 5 nitrogen and oxygen atoms in total. The van der Waals surface area contributed by atoms with E-state index in [-0.39, 0.29) is 17.1 Å². The molecule has 1 heterocycles. The van der Waals surface area contributed by atoms with E-state index in [2.05, 4.69) is 4.98 Å². The predicted molar refractivity (Wildman–Crippen MR) is 86.6 cm³/mol. The van der Waals surface area contributed by atoms with Gasteiger partial charge >= 0.3 is 5.97 Å². The van der Waals surface area contributed by atoms with Crippen LogP contribution in [0.2, 0.25) is 0 Å². The number of aromatic nitrogens is 1. The number of carbonyl (C=O) groups excluding carboxylic acids is 1. The van der Waals surface area contributed by atoms with Crippen molar-refractivity contribution in [3.05, 3.63) is 65.0 Å². The highest BCUT2D eigenvalue weighted by Crippen LogP contribution is 2.15. The van der Waals surface area contributed by atoms with Crippen molar-refractivity contribution in [1.29, 1.82) is 0 Å². The van der Waals surface area contributed by atoms with Crippen LogP contribution in [0.3, 0.4) is 0 Å². The van der Waals surface area contributed by atoms with E-state index in [1.54, 1.807) is 56.5 Å². The van der Waals surface area contributed by atoms with Crippen LogP contribution in [0.5, 0.6) is 5.75 Å². The molecule has 0 fully saturated rings. The summed E-state index contributed by atoms with van der Waals surface area (Å²) in [5.74, 6) is -0.544. The number of carboxylic acids is 1. The molecule has 1 N–H and O–H groups in total. The number of carbonyl (C=O) groups is 2. The molecule has 0 spiro atoms. The highest BCUT2D eigenvalue weighted by atomic mass is 16.5. The van der Waals surface area contributed by atoms with E-state index in [1.807, 2.05) is 0 Å². The fraction of sp³-hybridized carbons (Fsp3) is 0.167. The van der Waals surface area contributed by atoms with Crippen LogP contribution in [0.25, 0.3) is 6.08 Å². The van der Waals surface area contributed by atoms with Gasteiger partial charge in [0, 0.05) is 11.1 Å². The zero-order valence-electron chi connectivity index (χ0n) is 12.9. The summed E-state index contributed by atoms with van der Waals surface area (Å²) in [6, 6.07) is 11.7. The third-order valence-corrected chi connectivity index (χ3v) is 3.33. The number of nitrogens with zero attached hydrogens (tertiary/aromatic N) is 1. The molecule has 23 heavy (non-hydrogen) atoms.